The van der Waals surface area contributed by atoms with Crippen LogP contribution >= 0.6 is 0 Å². The molecule has 2 heterocycles. The third-order valence-electron chi connectivity index (χ3n) is 1.92. The minimum absolute atomic E-state index is 0.599. The maximum absolute atomic E-state index is 5.71. The molecule has 0 aliphatic carbocycles. The second-order valence-electron chi connectivity index (χ2n) is 2.74. The summed E-state index contributed by atoms with van der Waals surface area (Å²) in [6, 6.07) is 3.54. The molecule has 2 aromatic heterocycles. The Labute approximate surface area is 75.1 Å². The normalized spacial score (nSPS) is 10.6. The van der Waals surface area contributed by atoms with Gasteiger partial charge in [-0.3, -0.25) is 0 Å². The van der Waals surface area contributed by atoms with E-state index in [-0.39, 0.29) is 0 Å². The summed E-state index contributed by atoms with van der Waals surface area (Å²) in [5.74, 6) is 1.45. The van der Waals surface area contributed by atoms with Crippen LogP contribution in [0, 0.1) is 6.92 Å². The molecule has 0 aliphatic heterocycles. The van der Waals surface area contributed by atoms with Crippen molar-refractivity contribution in [3.8, 4) is 5.88 Å². The van der Waals surface area contributed by atoms with Gasteiger partial charge in [0.15, 0.2) is 5.65 Å². The number of pyridine rings is 1. The fourth-order valence-corrected chi connectivity index (χ4v) is 1.28. The first kappa shape index (κ1) is 7.85. The van der Waals surface area contributed by atoms with Gasteiger partial charge in [0, 0.05) is 6.07 Å². The minimum atomic E-state index is 0.599. The fourth-order valence-electron chi connectivity index (χ4n) is 1.28. The Morgan fingerprint density at radius 2 is 2.15 bits per heavy atom. The predicted molar refractivity (Wildman–Crippen MR) is 48.7 cm³/mol. The summed E-state index contributed by atoms with van der Waals surface area (Å²) in [6.45, 7) is 1.85. The van der Waals surface area contributed by atoms with Crippen LogP contribution < -0.4 is 10.5 Å². The maximum atomic E-state index is 5.71. The average molecular weight is 178 g/mol. The Morgan fingerprint density at radius 1 is 1.38 bits per heavy atom. The monoisotopic (exact) mass is 178 g/mol. The number of nitrogen functional groups attached to an aromatic ring is 1. The molecule has 0 saturated carbocycles. The van der Waals surface area contributed by atoms with Gasteiger partial charge in [-0.2, -0.15) is 0 Å². The zero-order valence-corrected chi connectivity index (χ0v) is 7.48. The summed E-state index contributed by atoms with van der Waals surface area (Å²) >= 11 is 0. The van der Waals surface area contributed by atoms with Crippen molar-refractivity contribution >= 4 is 11.3 Å². The first-order valence-electron chi connectivity index (χ1n) is 3.88. The van der Waals surface area contributed by atoms with E-state index in [9.17, 15) is 0 Å². The number of nitrogens with zero attached hydrogens (tertiary/aromatic N) is 3. The van der Waals surface area contributed by atoms with Crippen molar-refractivity contribution in [3.05, 3.63) is 18.0 Å². The Bertz CT molecular complexity index is 449. The van der Waals surface area contributed by atoms with Crippen LogP contribution in [-0.2, 0) is 0 Å². The Kier molecular flexibility index (Phi) is 1.58. The lowest BCUT2D eigenvalue weighted by molar-refractivity contribution is 0.391. The van der Waals surface area contributed by atoms with Gasteiger partial charge in [-0.05, 0) is 13.0 Å². The molecule has 13 heavy (non-hydrogen) atoms. The van der Waals surface area contributed by atoms with E-state index in [0.29, 0.717) is 17.2 Å². The second kappa shape index (κ2) is 2.62. The van der Waals surface area contributed by atoms with Gasteiger partial charge in [-0.1, -0.05) is 0 Å². The second-order valence-corrected chi connectivity index (χ2v) is 2.74. The Morgan fingerprint density at radius 3 is 2.85 bits per heavy atom. The van der Waals surface area contributed by atoms with Crippen molar-refractivity contribution in [3.63, 3.8) is 0 Å². The molecule has 0 amide bonds. The minimum Gasteiger partial charge on any atom is -0.482 e. The lowest BCUT2D eigenvalue weighted by Gasteiger charge is -2.04. The number of hydrogen-bond acceptors (Lipinski definition) is 4. The molecule has 0 bridgehead atoms. The quantitative estimate of drug-likeness (QED) is 0.695. The van der Waals surface area contributed by atoms with Crippen LogP contribution in [0.2, 0.25) is 0 Å². The van der Waals surface area contributed by atoms with Gasteiger partial charge in [0.1, 0.15) is 5.82 Å². The number of ether oxygens (including phenoxy) is 1. The number of fused-ring (bicyclic) bond motifs is 1. The van der Waals surface area contributed by atoms with E-state index in [1.54, 1.807) is 23.6 Å². The molecule has 5 heteroatoms. The highest BCUT2D eigenvalue weighted by Crippen LogP contribution is 2.19. The van der Waals surface area contributed by atoms with Gasteiger partial charge in [0.25, 0.3) is 0 Å². The van der Waals surface area contributed by atoms with E-state index < -0.39 is 0 Å². The SMILES string of the molecule is COc1ccc(N)c2nnc(C)n12. The van der Waals surface area contributed by atoms with Crippen LogP contribution in [0.25, 0.3) is 5.65 Å². The van der Waals surface area contributed by atoms with E-state index in [0.717, 1.165) is 5.82 Å². The van der Waals surface area contributed by atoms with Crippen molar-refractivity contribution < 1.29 is 4.74 Å². The average Bonchev–Trinajstić information content (AvgIpc) is 2.51. The van der Waals surface area contributed by atoms with Gasteiger partial charge < -0.3 is 10.5 Å². The molecule has 0 radical (unpaired) electrons. The zero-order valence-electron chi connectivity index (χ0n) is 7.48. The summed E-state index contributed by atoms with van der Waals surface area (Å²) in [7, 11) is 1.60. The third kappa shape index (κ3) is 1.00. The van der Waals surface area contributed by atoms with Crippen LogP contribution in [0.5, 0.6) is 5.88 Å². The lowest BCUT2D eigenvalue weighted by Crippen LogP contribution is -1.98. The summed E-state index contributed by atoms with van der Waals surface area (Å²) < 4.78 is 6.92. The number of methoxy groups -OCH3 is 1. The molecule has 68 valence electrons. The van der Waals surface area contributed by atoms with E-state index in [2.05, 4.69) is 10.2 Å². The summed E-state index contributed by atoms with van der Waals surface area (Å²) in [5.41, 5.74) is 6.95. The standard InChI is InChI=1S/C8H10N4O/c1-5-10-11-8-6(9)3-4-7(13-2)12(5)8/h3-4H,9H2,1-2H3. The number of anilines is 1. The molecule has 0 saturated heterocycles. The highest BCUT2D eigenvalue weighted by molar-refractivity contribution is 5.65. The molecule has 2 N–H and O–H groups in total. The van der Waals surface area contributed by atoms with Gasteiger partial charge >= 0.3 is 0 Å². The zero-order chi connectivity index (χ0) is 9.42. The number of rotatable bonds is 1. The molecule has 0 fully saturated rings. The van der Waals surface area contributed by atoms with Gasteiger partial charge in [0.05, 0.1) is 12.8 Å². The fraction of sp³-hybridized carbons (Fsp3) is 0.250. The van der Waals surface area contributed by atoms with E-state index in [1.165, 1.54) is 0 Å². The molecule has 2 rings (SSSR count). The number of aromatic nitrogens is 3. The molecule has 0 unspecified atom stereocenters. The topological polar surface area (TPSA) is 65.4 Å². The molecule has 2 aromatic rings. The van der Waals surface area contributed by atoms with Gasteiger partial charge in [-0.15, -0.1) is 10.2 Å². The van der Waals surface area contributed by atoms with Crippen LogP contribution in [0.4, 0.5) is 5.69 Å². The molecule has 0 atom stereocenters. The summed E-state index contributed by atoms with van der Waals surface area (Å²) in [6.07, 6.45) is 0. The molecule has 0 spiro atoms. The van der Waals surface area contributed by atoms with Gasteiger partial charge in [0.2, 0.25) is 5.88 Å². The summed E-state index contributed by atoms with van der Waals surface area (Å²) in [5, 5.41) is 7.85. The highest BCUT2D eigenvalue weighted by Gasteiger charge is 2.08. The number of hydrogen-bond donors (Lipinski definition) is 1. The molecule has 5 nitrogen and oxygen atoms in total. The third-order valence-corrected chi connectivity index (χ3v) is 1.92. The summed E-state index contributed by atoms with van der Waals surface area (Å²) in [4.78, 5) is 0. The largest absolute Gasteiger partial charge is 0.482 e. The highest BCUT2D eigenvalue weighted by atomic mass is 16.5. The van der Waals surface area contributed by atoms with Crippen molar-refractivity contribution in [2.24, 2.45) is 0 Å². The molecule has 0 aromatic carbocycles. The van der Waals surface area contributed by atoms with Crippen LogP contribution in [-0.4, -0.2) is 21.7 Å². The number of aryl methyl sites for hydroxylation is 1. The van der Waals surface area contributed by atoms with E-state index >= 15 is 0 Å². The van der Waals surface area contributed by atoms with Gasteiger partial charge in [-0.25, -0.2) is 4.40 Å². The Balaban J connectivity index is 2.88. The Hall–Kier alpha value is -1.78. The molecular formula is C8H10N4O. The number of nitrogens with two attached hydrogens (primary N) is 1. The first-order valence-corrected chi connectivity index (χ1v) is 3.88. The lowest BCUT2D eigenvalue weighted by atomic mass is 10.4. The van der Waals surface area contributed by atoms with Crippen molar-refractivity contribution in [2.75, 3.05) is 12.8 Å². The van der Waals surface area contributed by atoms with Crippen molar-refractivity contribution in [1.29, 1.82) is 0 Å². The predicted octanol–water partition coefficient (Wildman–Crippen LogP) is 0.629. The van der Waals surface area contributed by atoms with Crippen LogP contribution in [0.1, 0.15) is 5.82 Å². The van der Waals surface area contributed by atoms with Crippen LogP contribution in [0.15, 0.2) is 12.1 Å². The smallest absolute Gasteiger partial charge is 0.200 e. The first-order chi connectivity index (χ1) is 6.24. The maximum Gasteiger partial charge on any atom is 0.200 e. The van der Waals surface area contributed by atoms with E-state index in [1.807, 2.05) is 6.92 Å². The van der Waals surface area contributed by atoms with E-state index in [4.69, 9.17) is 10.5 Å². The van der Waals surface area contributed by atoms with Crippen molar-refractivity contribution in [1.82, 2.24) is 14.6 Å². The van der Waals surface area contributed by atoms with Crippen LogP contribution in [0.3, 0.4) is 0 Å². The molecule has 0 aliphatic rings. The van der Waals surface area contributed by atoms with Crippen molar-refractivity contribution in [2.45, 2.75) is 6.92 Å². The molecular weight excluding hydrogens is 168 g/mol.